The van der Waals surface area contributed by atoms with Crippen molar-refractivity contribution in [1.82, 2.24) is 4.57 Å². The molecule has 0 unspecified atom stereocenters. The van der Waals surface area contributed by atoms with E-state index >= 15 is 0 Å². The highest BCUT2D eigenvalue weighted by atomic mass is 15.0. The van der Waals surface area contributed by atoms with Gasteiger partial charge in [-0.25, -0.2) is 0 Å². The third-order valence-electron chi connectivity index (χ3n) is 2.35. The number of hydrogen-bond donors (Lipinski definition) is 0. The van der Waals surface area contributed by atoms with Crippen molar-refractivity contribution in [2.45, 2.75) is 40.7 Å². The Balaban J connectivity index is 2.96. The number of hydrogen-bond acceptors (Lipinski definition) is 1. The van der Waals surface area contributed by atoms with Crippen molar-refractivity contribution >= 4 is 0 Å². The lowest BCUT2D eigenvalue weighted by atomic mass is 10.1. The fourth-order valence-electron chi connectivity index (χ4n) is 1.78. The van der Waals surface area contributed by atoms with E-state index in [9.17, 15) is 0 Å². The molecule has 0 aliphatic heterocycles. The lowest BCUT2D eigenvalue weighted by Crippen LogP contribution is -2.11. The van der Waals surface area contributed by atoms with Crippen molar-refractivity contribution in [1.29, 1.82) is 5.26 Å². The molecule has 0 fully saturated rings. The normalized spacial score (nSPS) is 11.0. The topological polar surface area (TPSA) is 28.7 Å². The summed E-state index contributed by atoms with van der Waals surface area (Å²) >= 11 is 0. The van der Waals surface area contributed by atoms with Crippen LogP contribution in [0, 0.1) is 23.2 Å². The average molecular weight is 204 g/mol. The maximum absolute atomic E-state index is 9.01. The molecular formula is C13H20N2. The molecule has 2 nitrogen and oxygen atoms in total. The molecule has 0 saturated heterocycles. The van der Waals surface area contributed by atoms with Crippen molar-refractivity contribution in [2.75, 3.05) is 0 Å². The summed E-state index contributed by atoms with van der Waals surface area (Å²) in [6.07, 6.45) is 1.05. The van der Waals surface area contributed by atoms with Crippen LogP contribution >= 0.6 is 0 Å². The molecule has 1 aromatic rings. The summed E-state index contributed by atoms with van der Waals surface area (Å²) in [5, 5.41) is 9.01. The minimum absolute atomic E-state index is 0.579. The van der Waals surface area contributed by atoms with Gasteiger partial charge in [0, 0.05) is 12.2 Å². The minimum atomic E-state index is 0.579. The first-order valence-corrected chi connectivity index (χ1v) is 5.63. The second-order valence-electron chi connectivity index (χ2n) is 4.92. The van der Waals surface area contributed by atoms with Crippen LogP contribution in [0.3, 0.4) is 0 Å². The molecule has 0 bridgehead atoms. The fourth-order valence-corrected chi connectivity index (χ4v) is 1.78. The van der Waals surface area contributed by atoms with E-state index in [1.807, 2.05) is 6.07 Å². The van der Waals surface area contributed by atoms with Gasteiger partial charge in [-0.2, -0.15) is 5.26 Å². The Kier molecular flexibility index (Phi) is 3.96. The quantitative estimate of drug-likeness (QED) is 0.740. The summed E-state index contributed by atoms with van der Waals surface area (Å²) in [4.78, 5) is 0. The summed E-state index contributed by atoms with van der Waals surface area (Å²) in [7, 11) is 0. The van der Waals surface area contributed by atoms with E-state index in [1.54, 1.807) is 0 Å². The molecule has 1 heterocycles. The maximum Gasteiger partial charge on any atom is 0.120 e. The van der Waals surface area contributed by atoms with E-state index in [4.69, 9.17) is 5.26 Å². The van der Waals surface area contributed by atoms with Gasteiger partial charge >= 0.3 is 0 Å². The first kappa shape index (κ1) is 11.8. The Morgan fingerprint density at radius 2 is 1.87 bits per heavy atom. The predicted molar refractivity (Wildman–Crippen MR) is 62.5 cm³/mol. The van der Waals surface area contributed by atoms with E-state index in [2.05, 4.69) is 44.4 Å². The zero-order valence-electron chi connectivity index (χ0n) is 10.1. The molecule has 2 heteroatoms. The van der Waals surface area contributed by atoms with Crippen molar-refractivity contribution in [3.63, 3.8) is 0 Å². The van der Waals surface area contributed by atoms with Gasteiger partial charge in [-0.3, -0.25) is 0 Å². The van der Waals surface area contributed by atoms with E-state index in [1.165, 1.54) is 5.69 Å². The van der Waals surface area contributed by atoms with Gasteiger partial charge in [0.2, 0.25) is 0 Å². The monoisotopic (exact) mass is 204 g/mol. The van der Waals surface area contributed by atoms with Crippen LogP contribution in [-0.2, 0) is 13.0 Å². The molecule has 0 amide bonds. The third-order valence-corrected chi connectivity index (χ3v) is 2.35. The summed E-state index contributed by atoms with van der Waals surface area (Å²) in [5.74, 6) is 1.22. The van der Waals surface area contributed by atoms with Crippen molar-refractivity contribution in [3.8, 4) is 6.07 Å². The van der Waals surface area contributed by atoms with Crippen molar-refractivity contribution in [2.24, 2.45) is 11.8 Å². The summed E-state index contributed by atoms with van der Waals surface area (Å²) < 4.78 is 2.16. The van der Waals surface area contributed by atoms with Crippen LogP contribution in [0.25, 0.3) is 0 Å². The van der Waals surface area contributed by atoms with E-state index in [-0.39, 0.29) is 0 Å². The SMILES string of the molecule is CC(C)Cc1ccc(C#N)n1CC(C)C. The molecule has 15 heavy (non-hydrogen) atoms. The summed E-state index contributed by atoms with van der Waals surface area (Å²) in [6, 6.07) is 6.27. The Morgan fingerprint density at radius 1 is 1.20 bits per heavy atom. The third kappa shape index (κ3) is 3.13. The predicted octanol–water partition coefficient (Wildman–Crippen LogP) is 3.21. The molecule has 0 radical (unpaired) electrons. The number of nitriles is 1. The van der Waals surface area contributed by atoms with Crippen LogP contribution in [0.2, 0.25) is 0 Å². The fraction of sp³-hybridized carbons (Fsp3) is 0.615. The van der Waals surface area contributed by atoms with Crippen LogP contribution < -0.4 is 0 Å². The Hall–Kier alpha value is -1.23. The van der Waals surface area contributed by atoms with Crippen LogP contribution in [0.1, 0.15) is 39.1 Å². The van der Waals surface area contributed by atoms with E-state index in [0.29, 0.717) is 11.8 Å². The van der Waals surface area contributed by atoms with Gasteiger partial charge in [-0.05, 0) is 30.4 Å². The molecule has 0 aliphatic carbocycles. The van der Waals surface area contributed by atoms with Gasteiger partial charge in [0.1, 0.15) is 11.8 Å². The molecule has 1 aromatic heterocycles. The van der Waals surface area contributed by atoms with Crippen LogP contribution in [0.4, 0.5) is 0 Å². The van der Waals surface area contributed by atoms with Gasteiger partial charge in [0.05, 0.1) is 0 Å². The highest BCUT2D eigenvalue weighted by Gasteiger charge is 2.10. The van der Waals surface area contributed by atoms with E-state index < -0.39 is 0 Å². The maximum atomic E-state index is 9.01. The molecule has 0 aliphatic rings. The van der Waals surface area contributed by atoms with Crippen molar-refractivity contribution < 1.29 is 0 Å². The Labute approximate surface area is 92.5 Å². The van der Waals surface area contributed by atoms with Gasteiger partial charge < -0.3 is 4.57 Å². The van der Waals surface area contributed by atoms with Crippen LogP contribution in [0.15, 0.2) is 12.1 Å². The highest BCUT2D eigenvalue weighted by molar-refractivity contribution is 5.27. The lowest BCUT2D eigenvalue weighted by Gasteiger charge is -2.14. The number of nitrogens with zero attached hydrogens (tertiary/aromatic N) is 2. The molecule has 0 atom stereocenters. The zero-order valence-corrected chi connectivity index (χ0v) is 10.1. The minimum Gasteiger partial charge on any atom is -0.336 e. The van der Waals surface area contributed by atoms with Gasteiger partial charge in [0.25, 0.3) is 0 Å². The molecule has 1 rings (SSSR count). The Bertz CT molecular complexity index is 353. The van der Waals surface area contributed by atoms with Gasteiger partial charge in [-0.1, -0.05) is 27.7 Å². The Morgan fingerprint density at radius 3 is 2.33 bits per heavy atom. The van der Waals surface area contributed by atoms with Crippen LogP contribution in [-0.4, -0.2) is 4.57 Å². The largest absolute Gasteiger partial charge is 0.336 e. The first-order chi connectivity index (χ1) is 7.04. The molecule has 0 aromatic carbocycles. The second-order valence-corrected chi connectivity index (χ2v) is 4.92. The standard InChI is InChI=1S/C13H20N2/c1-10(2)7-12-5-6-13(8-14)15(12)9-11(3)4/h5-6,10-11H,7,9H2,1-4H3. The lowest BCUT2D eigenvalue weighted by molar-refractivity contribution is 0.494. The average Bonchev–Trinajstić information content (AvgIpc) is 2.47. The molecule has 0 N–H and O–H groups in total. The highest BCUT2D eigenvalue weighted by Crippen LogP contribution is 2.15. The number of aromatic nitrogens is 1. The molecule has 0 spiro atoms. The molecule has 82 valence electrons. The first-order valence-electron chi connectivity index (χ1n) is 5.63. The second kappa shape index (κ2) is 5.02. The van der Waals surface area contributed by atoms with Gasteiger partial charge in [0.15, 0.2) is 0 Å². The van der Waals surface area contributed by atoms with Gasteiger partial charge in [-0.15, -0.1) is 0 Å². The smallest absolute Gasteiger partial charge is 0.120 e. The summed E-state index contributed by atoms with van der Waals surface area (Å²) in [6.45, 7) is 9.72. The summed E-state index contributed by atoms with van der Waals surface area (Å²) in [5.41, 5.74) is 2.08. The van der Waals surface area contributed by atoms with Crippen LogP contribution in [0.5, 0.6) is 0 Å². The molecule has 0 saturated carbocycles. The number of rotatable bonds is 4. The zero-order chi connectivity index (χ0) is 11.4. The van der Waals surface area contributed by atoms with E-state index in [0.717, 1.165) is 18.7 Å². The van der Waals surface area contributed by atoms with Crippen molar-refractivity contribution in [3.05, 3.63) is 23.5 Å². The molecular weight excluding hydrogens is 184 g/mol.